The Labute approximate surface area is 112 Å². The summed E-state index contributed by atoms with van der Waals surface area (Å²) in [6, 6.07) is -0.659. The number of carbonyl (C=O) groups is 3. The Kier molecular flexibility index (Phi) is 3.58. The average molecular weight is 284 g/mol. The quantitative estimate of drug-likeness (QED) is 0.336. The minimum absolute atomic E-state index is 0.121. The monoisotopic (exact) mass is 284 g/mol. The molecular weight excluding hydrogens is 272 g/mol. The molecule has 4 N–H and O–H groups in total. The first-order valence-electron chi connectivity index (χ1n) is 5.40. The van der Waals surface area contributed by atoms with E-state index in [1.165, 1.54) is 24.9 Å². The number of thioether (sulfide) groups is 1. The number of rotatable bonds is 3. The van der Waals surface area contributed by atoms with Gasteiger partial charge in [0.1, 0.15) is 17.1 Å². The molecule has 2 aliphatic heterocycles. The lowest BCUT2D eigenvalue weighted by atomic mass is 10.0. The van der Waals surface area contributed by atoms with Crippen LogP contribution in [0.15, 0.2) is 16.4 Å². The Morgan fingerprint density at radius 3 is 2.89 bits per heavy atom. The largest absolute Gasteiger partial charge is 0.477 e. The first-order valence-corrected chi connectivity index (χ1v) is 6.44. The summed E-state index contributed by atoms with van der Waals surface area (Å²) in [5.74, 6) is -1.63. The summed E-state index contributed by atoms with van der Waals surface area (Å²) in [5.41, 5.74) is 8.03. The number of hydrazone groups is 1. The molecule has 1 unspecified atom stereocenters. The molecule has 0 saturated carbocycles. The second kappa shape index (κ2) is 5.02. The van der Waals surface area contributed by atoms with E-state index >= 15 is 0 Å². The molecular formula is C10H12N4O4S. The predicted molar refractivity (Wildman–Crippen MR) is 68.0 cm³/mol. The van der Waals surface area contributed by atoms with Crippen molar-refractivity contribution in [3.63, 3.8) is 0 Å². The van der Waals surface area contributed by atoms with Gasteiger partial charge in [0.25, 0.3) is 0 Å². The molecule has 0 radical (unpaired) electrons. The Morgan fingerprint density at radius 2 is 2.32 bits per heavy atom. The lowest BCUT2D eigenvalue weighted by Gasteiger charge is -2.47. The Morgan fingerprint density at radius 1 is 1.63 bits per heavy atom. The van der Waals surface area contributed by atoms with Gasteiger partial charge in [0.05, 0.1) is 6.21 Å². The number of hydrogen-bond acceptors (Lipinski definition) is 6. The van der Waals surface area contributed by atoms with Gasteiger partial charge >= 0.3 is 5.97 Å². The van der Waals surface area contributed by atoms with Gasteiger partial charge in [0.2, 0.25) is 11.8 Å². The fourth-order valence-corrected chi connectivity index (χ4v) is 3.08. The van der Waals surface area contributed by atoms with Crippen LogP contribution in [0.5, 0.6) is 0 Å². The maximum absolute atomic E-state index is 11.6. The number of carboxylic acid groups (broad SMARTS) is 1. The van der Waals surface area contributed by atoms with Crippen molar-refractivity contribution in [3.05, 3.63) is 11.3 Å². The van der Waals surface area contributed by atoms with Crippen molar-refractivity contribution in [1.82, 2.24) is 10.3 Å². The molecule has 0 bridgehead atoms. The van der Waals surface area contributed by atoms with Crippen LogP contribution in [0, 0.1) is 0 Å². The van der Waals surface area contributed by atoms with Gasteiger partial charge in [0, 0.05) is 18.2 Å². The smallest absolute Gasteiger partial charge is 0.353 e. The molecule has 8 nitrogen and oxygen atoms in total. The summed E-state index contributed by atoms with van der Waals surface area (Å²) in [6.07, 6.45) is 1.24. The Balaban J connectivity index is 2.28. The summed E-state index contributed by atoms with van der Waals surface area (Å²) in [6.45, 7) is 1.29. The number of amides is 2. The van der Waals surface area contributed by atoms with Crippen molar-refractivity contribution in [3.8, 4) is 0 Å². The van der Waals surface area contributed by atoms with Crippen LogP contribution >= 0.6 is 11.8 Å². The highest BCUT2D eigenvalue weighted by Crippen LogP contribution is 2.38. The molecule has 2 atom stereocenters. The van der Waals surface area contributed by atoms with Crippen LogP contribution in [0.3, 0.4) is 0 Å². The number of aliphatic carboxylic acids is 1. The molecule has 2 rings (SSSR count). The maximum Gasteiger partial charge on any atom is 0.353 e. The SMILES string of the molecule is CC(=O)NN=CC1=C(C(=O)O)N2C(=O)C(N)[C@H]2SC1. The van der Waals surface area contributed by atoms with Crippen molar-refractivity contribution in [2.45, 2.75) is 18.3 Å². The van der Waals surface area contributed by atoms with Crippen LogP contribution in [0.2, 0.25) is 0 Å². The number of nitrogens with zero attached hydrogens (tertiary/aromatic N) is 2. The Hall–Kier alpha value is -1.87. The Bertz CT molecular complexity index is 516. The number of nitrogens with two attached hydrogens (primary N) is 1. The van der Waals surface area contributed by atoms with E-state index in [9.17, 15) is 19.5 Å². The first kappa shape index (κ1) is 13.6. The number of carbonyl (C=O) groups excluding carboxylic acids is 2. The summed E-state index contributed by atoms with van der Waals surface area (Å²) >= 11 is 1.37. The fourth-order valence-electron chi connectivity index (χ4n) is 1.84. The molecule has 0 aliphatic carbocycles. The zero-order valence-corrected chi connectivity index (χ0v) is 10.8. The lowest BCUT2D eigenvalue weighted by molar-refractivity contribution is -0.147. The second-order valence-electron chi connectivity index (χ2n) is 4.04. The van der Waals surface area contributed by atoms with Crippen LogP contribution < -0.4 is 11.2 Å². The molecule has 1 fully saturated rings. The lowest BCUT2D eigenvalue weighted by Crippen LogP contribution is -2.68. The molecule has 0 aromatic heterocycles. The van der Waals surface area contributed by atoms with Crippen LogP contribution in [0.4, 0.5) is 0 Å². The van der Waals surface area contributed by atoms with Gasteiger partial charge in [-0.25, -0.2) is 10.2 Å². The topological polar surface area (TPSA) is 125 Å². The highest BCUT2D eigenvalue weighted by Gasteiger charge is 2.51. The van der Waals surface area contributed by atoms with Crippen molar-refractivity contribution in [2.75, 3.05) is 5.75 Å². The zero-order valence-electron chi connectivity index (χ0n) is 9.99. The van der Waals surface area contributed by atoms with Crippen molar-refractivity contribution in [1.29, 1.82) is 0 Å². The summed E-state index contributed by atoms with van der Waals surface area (Å²) < 4.78 is 0. The number of hydrogen-bond donors (Lipinski definition) is 3. The van der Waals surface area contributed by atoms with Gasteiger partial charge in [-0.2, -0.15) is 5.10 Å². The van der Waals surface area contributed by atoms with E-state index < -0.39 is 17.9 Å². The molecule has 0 spiro atoms. The summed E-state index contributed by atoms with van der Waals surface area (Å²) in [5, 5.41) is 12.5. The van der Waals surface area contributed by atoms with E-state index in [2.05, 4.69) is 10.5 Å². The van der Waals surface area contributed by atoms with Gasteiger partial charge in [-0.3, -0.25) is 14.5 Å². The van der Waals surface area contributed by atoms with Crippen molar-refractivity contribution >= 4 is 35.8 Å². The highest BCUT2D eigenvalue weighted by molar-refractivity contribution is 8.00. The molecule has 0 aromatic rings. The van der Waals surface area contributed by atoms with Gasteiger partial charge in [-0.05, 0) is 0 Å². The third-order valence-corrected chi connectivity index (χ3v) is 4.01. The standard InChI is InChI=1S/C10H12N4O4S/c1-4(15)13-12-2-5-3-19-9-6(11)8(16)14(9)7(5)10(17)18/h2,6,9H,3,11H2,1H3,(H,13,15)(H,17,18)/t6?,9-/m1/s1. The molecule has 19 heavy (non-hydrogen) atoms. The van der Waals surface area contributed by atoms with Crippen LogP contribution in [0.1, 0.15) is 6.92 Å². The third kappa shape index (κ3) is 2.34. The van der Waals surface area contributed by atoms with E-state index in [0.29, 0.717) is 11.3 Å². The molecule has 9 heteroatoms. The molecule has 102 valence electrons. The number of nitrogens with one attached hydrogen (secondary N) is 1. The fraction of sp³-hybridized carbons (Fsp3) is 0.400. The number of fused-ring (bicyclic) bond motifs is 1. The van der Waals surface area contributed by atoms with Gasteiger partial charge < -0.3 is 10.8 Å². The van der Waals surface area contributed by atoms with Crippen LogP contribution in [-0.2, 0) is 14.4 Å². The van der Waals surface area contributed by atoms with Gasteiger partial charge in [0.15, 0.2) is 0 Å². The minimum Gasteiger partial charge on any atom is -0.477 e. The van der Waals surface area contributed by atoms with Gasteiger partial charge in [-0.15, -0.1) is 11.8 Å². The average Bonchev–Trinajstić information content (AvgIpc) is 2.36. The van der Waals surface area contributed by atoms with E-state index in [-0.39, 0.29) is 17.0 Å². The molecule has 2 amide bonds. The van der Waals surface area contributed by atoms with Crippen LogP contribution in [0.25, 0.3) is 0 Å². The third-order valence-electron chi connectivity index (χ3n) is 2.68. The maximum atomic E-state index is 11.6. The molecule has 1 saturated heterocycles. The summed E-state index contributed by atoms with van der Waals surface area (Å²) in [7, 11) is 0. The minimum atomic E-state index is -1.21. The van der Waals surface area contributed by atoms with E-state index in [1.807, 2.05) is 0 Å². The normalized spacial score (nSPS) is 26.2. The first-order chi connectivity index (χ1) is 8.93. The van der Waals surface area contributed by atoms with Crippen molar-refractivity contribution in [2.24, 2.45) is 10.8 Å². The zero-order chi connectivity index (χ0) is 14.2. The molecule has 2 aliphatic rings. The van der Waals surface area contributed by atoms with E-state index in [0.717, 1.165) is 4.90 Å². The van der Waals surface area contributed by atoms with Gasteiger partial charge in [-0.1, -0.05) is 0 Å². The second-order valence-corrected chi connectivity index (χ2v) is 5.15. The van der Waals surface area contributed by atoms with E-state index in [1.54, 1.807) is 0 Å². The highest BCUT2D eigenvalue weighted by atomic mass is 32.2. The molecule has 2 heterocycles. The molecule has 0 aromatic carbocycles. The summed E-state index contributed by atoms with van der Waals surface area (Å²) in [4.78, 5) is 34.7. The van der Waals surface area contributed by atoms with Crippen molar-refractivity contribution < 1.29 is 19.5 Å². The number of β-lactam (4-membered cyclic amide) rings is 1. The van der Waals surface area contributed by atoms with Crippen LogP contribution in [-0.4, -0.2) is 51.2 Å². The predicted octanol–water partition coefficient (Wildman–Crippen LogP) is -1.31. The van der Waals surface area contributed by atoms with E-state index in [4.69, 9.17) is 5.73 Å². The number of carboxylic acids is 1.